The number of amides is 1. The van der Waals surface area contributed by atoms with Crippen molar-refractivity contribution in [1.29, 1.82) is 0 Å². The predicted molar refractivity (Wildman–Crippen MR) is 75.3 cm³/mol. The highest BCUT2D eigenvalue weighted by atomic mass is 32.2. The summed E-state index contributed by atoms with van der Waals surface area (Å²) in [5, 5.41) is 9.34. The van der Waals surface area contributed by atoms with Crippen LogP contribution in [0.15, 0.2) is 54.6 Å². The van der Waals surface area contributed by atoms with Gasteiger partial charge in [0.15, 0.2) is 0 Å². The molecule has 0 saturated heterocycles. The van der Waals surface area contributed by atoms with Gasteiger partial charge in [-0.2, -0.15) is 12.7 Å². The molecule has 6 nitrogen and oxygen atoms in total. The molecule has 0 bridgehead atoms. The van der Waals surface area contributed by atoms with E-state index >= 15 is 0 Å². The second-order valence-electron chi connectivity index (χ2n) is 3.85. The van der Waals surface area contributed by atoms with E-state index in [0.717, 1.165) is 6.07 Å². The maximum atomic E-state index is 12.1. The molecule has 0 saturated carbocycles. The minimum absolute atomic E-state index is 0.0107. The Morgan fingerprint density at radius 1 is 1.05 bits per heavy atom. The van der Waals surface area contributed by atoms with Crippen LogP contribution in [0.2, 0.25) is 0 Å². The molecule has 1 radical (unpaired) electrons. The van der Waals surface area contributed by atoms with Gasteiger partial charge in [-0.1, -0.05) is 24.3 Å². The number of anilines is 2. The van der Waals surface area contributed by atoms with Crippen LogP contribution in [-0.2, 0) is 15.0 Å². The quantitative estimate of drug-likeness (QED) is 0.820. The first-order valence-electron chi connectivity index (χ1n) is 5.58. The van der Waals surface area contributed by atoms with E-state index in [1.807, 2.05) is 0 Å². The maximum Gasteiger partial charge on any atom is 0.333 e. The Labute approximate surface area is 116 Å². The van der Waals surface area contributed by atoms with Gasteiger partial charge < -0.3 is 5.11 Å². The van der Waals surface area contributed by atoms with Gasteiger partial charge in [-0.15, -0.1) is 0 Å². The van der Waals surface area contributed by atoms with E-state index in [2.05, 4.69) is 4.72 Å². The highest BCUT2D eigenvalue weighted by Gasteiger charge is 2.23. The number of phenolic OH excluding ortho intramolecular Hbond substituents is 1. The Kier molecular flexibility index (Phi) is 3.90. The number of hydrogen-bond donors (Lipinski definition) is 2. The van der Waals surface area contributed by atoms with Crippen molar-refractivity contribution in [2.45, 2.75) is 0 Å². The predicted octanol–water partition coefficient (Wildman–Crippen LogP) is 1.62. The van der Waals surface area contributed by atoms with Gasteiger partial charge in [0.2, 0.25) is 0 Å². The SMILES string of the molecule is O=[C]N(c1cccc(O)c1)S(=O)(=O)Nc1ccccc1. The Bertz CT molecular complexity index is 701. The molecule has 2 N–H and O–H groups in total. The minimum Gasteiger partial charge on any atom is -0.508 e. The normalized spacial score (nSPS) is 10.8. The van der Waals surface area contributed by atoms with Crippen LogP contribution in [0.1, 0.15) is 0 Å². The first-order valence-corrected chi connectivity index (χ1v) is 7.02. The summed E-state index contributed by atoms with van der Waals surface area (Å²) in [6, 6.07) is 13.4. The monoisotopic (exact) mass is 291 g/mol. The van der Waals surface area contributed by atoms with Gasteiger partial charge in [-0.25, -0.2) is 0 Å². The second-order valence-corrected chi connectivity index (χ2v) is 5.37. The summed E-state index contributed by atoms with van der Waals surface area (Å²) in [5.41, 5.74) is 0.302. The van der Waals surface area contributed by atoms with E-state index in [-0.39, 0.29) is 11.4 Å². The van der Waals surface area contributed by atoms with Crippen LogP contribution < -0.4 is 9.03 Å². The molecule has 0 heterocycles. The van der Waals surface area contributed by atoms with E-state index in [4.69, 9.17) is 0 Å². The second kappa shape index (κ2) is 5.62. The van der Waals surface area contributed by atoms with Crippen LogP contribution >= 0.6 is 0 Å². The van der Waals surface area contributed by atoms with Gasteiger partial charge in [0.1, 0.15) is 5.75 Å². The van der Waals surface area contributed by atoms with Crippen LogP contribution in [0, 0.1) is 0 Å². The fourth-order valence-electron chi connectivity index (χ4n) is 1.56. The van der Waals surface area contributed by atoms with Crippen molar-refractivity contribution in [3.05, 3.63) is 54.6 Å². The first-order chi connectivity index (χ1) is 9.53. The Morgan fingerprint density at radius 3 is 2.35 bits per heavy atom. The summed E-state index contributed by atoms with van der Waals surface area (Å²) in [4.78, 5) is 11.0. The highest BCUT2D eigenvalue weighted by molar-refractivity contribution is 7.94. The van der Waals surface area contributed by atoms with Crippen molar-refractivity contribution in [1.82, 2.24) is 0 Å². The van der Waals surface area contributed by atoms with Crippen molar-refractivity contribution < 1.29 is 18.3 Å². The molecule has 2 aromatic carbocycles. The van der Waals surface area contributed by atoms with E-state index < -0.39 is 10.2 Å². The summed E-state index contributed by atoms with van der Waals surface area (Å²) in [6.07, 6.45) is 1.33. The fraction of sp³-hybridized carbons (Fsp3) is 0. The van der Waals surface area contributed by atoms with Gasteiger partial charge in [0.05, 0.1) is 11.4 Å². The molecule has 7 heteroatoms. The lowest BCUT2D eigenvalue weighted by Crippen LogP contribution is -2.34. The van der Waals surface area contributed by atoms with Crippen molar-refractivity contribution >= 4 is 28.0 Å². The van der Waals surface area contributed by atoms with E-state index in [1.165, 1.54) is 24.6 Å². The maximum absolute atomic E-state index is 12.1. The molecule has 20 heavy (non-hydrogen) atoms. The summed E-state index contributed by atoms with van der Waals surface area (Å²) < 4.78 is 26.9. The Balaban J connectivity index is 2.33. The number of nitrogens with zero attached hydrogens (tertiary/aromatic N) is 1. The Morgan fingerprint density at radius 2 is 1.75 bits per heavy atom. The molecule has 0 unspecified atom stereocenters. The number of phenols is 1. The van der Waals surface area contributed by atoms with Crippen molar-refractivity contribution in [2.75, 3.05) is 9.03 Å². The molecule has 2 rings (SSSR count). The average molecular weight is 291 g/mol. The van der Waals surface area contributed by atoms with Crippen LogP contribution in [0.4, 0.5) is 11.4 Å². The fourth-order valence-corrected chi connectivity index (χ4v) is 2.58. The first kappa shape index (κ1) is 13.9. The zero-order chi connectivity index (χ0) is 14.6. The number of nitrogens with one attached hydrogen (secondary N) is 1. The van der Waals surface area contributed by atoms with Crippen LogP contribution in [0.25, 0.3) is 0 Å². The lowest BCUT2D eigenvalue weighted by atomic mass is 10.3. The van der Waals surface area contributed by atoms with Crippen LogP contribution in [-0.4, -0.2) is 19.9 Å². The summed E-state index contributed by atoms with van der Waals surface area (Å²) in [7, 11) is -4.15. The Hall–Kier alpha value is -2.54. The molecular weight excluding hydrogens is 280 g/mol. The van der Waals surface area contributed by atoms with Crippen LogP contribution in [0.3, 0.4) is 0 Å². The number of hydrogen-bond acceptors (Lipinski definition) is 4. The van der Waals surface area contributed by atoms with E-state index in [1.54, 1.807) is 30.3 Å². The number of carbonyl (C=O) groups excluding carboxylic acids is 1. The zero-order valence-corrected chi connectivity index (χ0v) is 11.0. The average Bonchev–Trinajstić information content (AvgIpc) is 2.39. The van der Waals surface area contributed by atoms with E-state index in [9.17, 15) is 18.3 Å². The number of benzene rings is 2. The molecule has 0 aromatic heterocycles. The standard InChI is InChI=1S/C13H11N2O4S/c16-10-15(12-7-4-8-13(17)9-12)20(18,19)14-11-5-2-1-3-6-11/h1-9,14,17H. The lowest BCUT2D eigenvalue weighted by Gasteiger charge is -2.17. The summed E-state index contributed by atoms with van der Waals surface area (Å²) in [6.45, 7) is 0. The van der Waals surface area contributed by atoms with Crippen LogP contribution in [0.5, 0.6) is 5.75 Å². The summed E-state index contributed by atoms with van der Waals surface area (Å²) in [5.74, 6) is -0.155. The van der Waals surface area contributed by atoms with E-state index in [0.29, 0.717) is 9.99 Å². The number of rotatable bonds is 5. The molecule has 0 atom stereocenters. The summed E-state index contributed by atoms with van der Waals surface area (Å²) >= 11 is 0. The molecular formula is C13H11N2O4S. The largest absolute Gasteiger partial charge is 0.508 e. The minimum atomic E-state index is -4.15. The lowest BCUT2D eigenvalue weighted by molar-refractivity contribution is 0.475. The van der Waals surface area contributed by atoms with Gasteiger partial charge >= 0.3 is 16.6 Å². The van der Waals surface area contributed by atoms with Gasteiger partial charge in [-0.05, 0) is 24.3 Å². The number of aromatic hydroxyl groups is 1. The molecule has 0 fully saturated rings. The highest BCUT2D eigenvalue weighted by Crippen LogP contribution is 2.22. The third kappa shape index (κ3) is 3.07. The molecule has 0 aliphatic heterocycles. The third-order valence-electron chi connectivity index (χ3n) is 2.41. The molecule has 0 aliphatic carbocycles. The molecule has 103 valence electrons. The molecule has 0 aliphatic rings. The number of para-hydroxylation sites is 1. The smallest absolute Gasteiger partial charge is 0.333 e. The van der Waals surface area contributed by atoms with Gasteiger partial charge in [0, 0.05) is 6.07 Å². The van der Waals surface area contributed by atoms with Crippen molar-refractivity contribution in [3.63, 3.8) is 0 Å². The van der Waals surface area contributed by atoms with Crippen molar-refractivity contribution in [2.24, 2.45) is 0 Å². The topological polar surface area (TPSA) is 86.7 Å². The van der Waals surface area contributed by atoms with Gasteiger partial charge in [-0.3, -0.25) is 9.52 Å². The molecule has 0 spiro atoms. The third-order valence-corrected chi connectivity index (χ3v) is 3.67. The zero-order valence-electron chi connectivity index (χ0n) is 10.2. The van der Waals surface area contributed by atoms with Crippen molar-refractivity contribution in [3.8, 4) is 5.75 Å². The molecule has 2 aromatic rings. The van der Waals surface area contributed by atoms with Gasteiger partial charge in [0.25, 0.3) is 0 Å². The molecule has 1 amide bonds.